The van der Waals surface area contributed by atoms with E-state index in [-0.39, 0.29) is 6.23 Å². The molecule has 2 atom stereocenters. The smallest absolute Gasteiger partial charge is 0.134 e. The number of nitrogens with one attached hydrogen (secondary N) is 1. The molecule has 1 fully saturated rings. The number of ether oxygens (including phenoxy) is 1. The summed E-state index contributed by atoms with van der Waals surface area (Å²) in [6.07, 6.45) is 0.0913. The maximum atomic E-state index is 5.72. The minimum absolute atomic E-state index is 0.0913. The molecule has 0 saturated carbocycles. The van der Waals surface area contributed by atoms with E-state index in [2.05, 4.69) is 36.5 Å². The predicted octanol–water partition coefficient (Wildman–Crippen LogP) is 2.43. The van der Waals surface area contributed by atoms with Crippen LogP contribution in [0.4, 0.5) is 0 Å². The lowest BCUT2D eigenvalue weighted by atomic mass is 10.2. The van der Waals surface area contributed by atoms with Crippen LogP contribution in [0, 0.1) is 0 Å². The van der Waals surface area contributed by atoms with Crippen molar-refractivity contribution in [1.29, 1.82) is 0 Å². The Labute approximate surface area is 95.4 Å². The molecule has 1 heterocycles. The molecule has 0 aromatic heterocycles. The normalized spacial score (nSPS) is 25.7. The summed E-state index contributed by atoms with van der Waals surface area (Å²) in [6, 6.07) is 10.8. The lowest BCUT2D eigenvalue weighted by molar-refractivity contribution is 0.101. The van der Waals surface area contributed by atoms with Crippen LogP contribution < -0.4 is 5.32 Å². The maximum absolute atomic E-state index is 5.72. The minimum atomic E-state index is 0.0913. The van der Waals surface area contributed by atoms with E-state index in [1.54, 1.807) is 0 Å². The Bertz CT molecular complexity index is 291. The van der Waals surface area contributed by atoms with Crippen LogP contribution in [0.3, 0.4) is 0 Å². The van der Waals surface area contributed by atoms with E-state index in [4.69, 9.17) is 4.74 Å². The van der Waals surface area contributed by atoms with Crippen molar-refractivity contribution in [2.24, 2.45) is 0 Å². The second-order valence-electron chi connectivity index (χ2n) is 3.65. The fourth-order valence-electron chi connectivity index (χ4n) is 1.70. The lowest BCUT2D eigenvalue weighted by Gasteiger charge is -2.11. The van der Waals surface area contributed by atoms with E-state index >= 15 is 0 Å². The molecule has 15 heavy (non-hydrogen) atoms. The summed E-state index contributed by atoms with van der Waals surface area (Å²) in [5.74, 6) is 2.31. The van der Waals surface area contributed by atoms with Crippen LogP contribution in [-0.2, 0) is 4.74 Å². The van der Waals surface area contributed by atoms with Crippen LogP contribution in [0.25, 0.3) is 0 Å². The first kappa shape index (κ1) is 11.0. The van der Waals surface area contributed by atoms with Crippen molar-refractivity contribution in [3.8, 4) is 0 Å². The van der Waals surface area contributed by atoms with E-state index in [0.29, 0.717) is 6.04 Å². The van der Waals surface area contributed by atoms with Crippen LogP contribution in [0.5, 0.6) is 0 Å². The monoisotopic (exact) mass is 223 g/mol. The molecule has 1 aromatic carbocycles. The van der Waals surface area contributed by atoms with Gasteiger partial charge >= 0.3 is 0 Å². The highest BCUT2D eigenvalue weighted by Gasteiger charge is 2.24. The first-order chi connectivity index (χ1) is 7.40. The summed E-state index contributed by atoms with van der Waals surface area (Å²) in [6.45, 7) is 3.02. The van der Waals surface area contributed by atoms with Gasteiger partial charge in [-0.05, 0) is 11.3 Å². The molecular weight excluding hydrogens is 206 g/mol. The fourth-order valence-corrected chi connectivity index (χ4v) is 2.41. The van der Waals surface area contributed by atoms with Gasteiger partial charge in [0.25, 0.3) is 0 Å². The van der Waals surface area contributed by atoms with Gasteiger partial charge < -0.3 is 4.74 Å². The predicted molar refractivity (Wildman–Crippen MR) is 65.1 cm³/mol. The number of benzene rings is 1. The first-order valence-electron chi connectivity index (χ1n) is 5.40. The molecule has 0 amide bonds. The highest BCUT2D eigenvalue weighted by Crippen LogP contribution is 2.21. The highest BCUT2D eigenvalue weighted by molar-refractivity contribution is 7.99. The Morgan fingerprint density at radius 1 is 1.40 bits per heavy atom. The fraction of sp³-hybridized carbons (Fsp3) is 0.500. The molecule has 0 spiro atoms. The van der Waals surface area contributed by atoms with E-state index in [1.807, 2.05) is 17.8 Å². The molecule has 2 rings (SSSR count). The summed E-state index contributed by atoms with van der Waals surface area (Å²) in [7, 11) is 0. The van der Waals surface area contributed by atoms with E-state index in [9.17, 15) is 0 Å². The molecular formula is C12H17NOS. The largest absolute Gasteiger partial charge is 0.357 e. The van der Waals surface area contributed by atoms with Gasteiger partial charge in [-0.1, -0.05) is 37.3 Å². The minimum Gasteiger partial charge on any atom is -0.357 e. The van der Waals surface area contributed by atoms with Crippen molar-refractivity contribution >= 4 is 11.8 Å². The topological polar surface area (TPSA) is 21.3 Å². The Balaban J connectivity index is 1.87. The molecule has 0 aliphatic carbocycles. The molecule has 82 valence electrons. The number of hydrogen-bond acceptors (Lipinski definition) is 3. The third-order valence-electron chi connectivity index (χ3n) is 2.48. The van der Waals surface area contributed by atoms with Crippen LogP contribution in [0.2, 0.25) is 0 Å². The Morgan fingerprint density at radius 3 is 2.93 bits per heavy atom. The Kier molecular flexibility index (Phi) is 4.06. The van der Waals surface area contributed by atoms with Gasteiger partial charge in [0.1, 0.15) is 6.23 Å². The molecule has 2 nitrogen and oxygen atoms in total. The average molecular weight is 223 g/mol. The molecule has 0 bridgehead atoms. The van der Waals surface area contributed by atoms with Crippen molar-refractivity contribution < 1.29 is 4.74 Å². The number of rotatable bonds is 4. The van der Waals surface area contributed by atoms with E-state index in [0.717, 1.165) is 12.4 Å². The van der Waals surface area contributed by atoms with Gasteiger partial charge in [-0.3, -0.25) is 5.32 Å². The van der Waals surface area contributed by atoms with E-state index < -0.39 is 0 Å². The van der Waals surface area contributed by atoms with Crippen LogP contribution in [-0.4, -0.2) is 24.2 Å². The molecule has 0 radical (unpaired) electrons. The summed E-state index contributed by atoms with van der Waals surface area (Å²) < 4.78 is 5.72. The summed E-state index contributed by atoms with van der Waals surface area (Å²) in [5.41, 5.74) is 1.22. The molecule has 3 heteroatoms. The summed E-state index contributed by atoms with van der Waals surface area (Å²) >= 11 is 1.96. The van der Waals surface area contributed by atoms with Gasteiger partial charge in [0, 0.05) is 11.8 Å². The van der Waals surface area contributed by atoms with Crippen molar-refractivity contribution in [2.45, 2.75) is 19.2 Å². The Hall–Kier alpha value is -0.510. The summed E-state index contributed by atoms with van der Waals surface area (Å²) in [4.78, 5) is 0. The molecule has 1 N–H and O–H groups in total. The zero-order chi connectivity index (χ0) is 10.5. The second kappa shape index (κ2) is 5.54. The maximum Gasteiger partial charge on any atom is 0.134 e. The van der Waals surface area contributed by atoms with Crippen LogP contribution in [0.1, 0.15) is 18.7 Å². The zero-order valence-corrected chi connectivity index (χ0v) is 9.80. The highest BCUT2D eigenvalue weighted by atomic mass is 32.2. The first-order valence-corrected chi connectivity index (χ1v) is 6.56. The molecule has 1 aliphatic rings. The van der Waals surface area contributed by atoms with Gasteiger partial charge in [0.2, 0.25) is 0 Å². The number of hydrogen-bond donors (Lipinski definition) is 1. The third kappa shape index (κ3) is 2.97. The average Bonchev–Trinajstić information content (AvgIpc) is 2.76. The van der Waals surface area contributed by atoms with Crippen LogP contribution >= 0.6 is 11.8 Å². The van der Waals surface area contributed by atoms with Gasteiger partial charge in [0.05, 0.1) is 6.61 Å². The van der Waals surface area contributed by atoms with Gasteiger partial charge in [-0.2, -0.15) is 11.8 Å². The number of thioether (sulfide) groups is 1. The van der Waals surface area contributed by atoms with Crippen molar-refractivity contribution in [3.05, 3.63) is 35.9 Å². The van der Waals surface area contributed by atoms with Crippen molar-refractivity contribution in [3.63, 3.8) is 0 Å². The molecule has 1 aromatic rings. The Morgan fingerprint density at radius 2 is 2.20 bits per heavy atom. The van der Waals surface area contributed by atoms with Gasteiger partial charge in [-0.15, -0.1) is 0 Å². The second-order valence-corrected chi connectivity index (χ2v) is 4.97. The van der Waals surface area contributed by atoms with Crippen LogP contribution in [0.15, 0.2) is 30.3 Å². The van der Waals surface area contributed by atoms with E-state index in [1.165, 1.54) is 11.3 Å². The molecule has 1 saturated heterocycles. The van der Waals surface area contributed by atoms with Gasteiger partial charge in [0.15, 0.2) is 0 Å². The molecule has 2 unspecified atom stereocenters. The third-order valence-corrected chi connectivity index (χ3v) is 3.52. The van der Waals surface area contributed by atoms with Gasteiger partial charge in [-0.25, -0.2) is 0 Å². The molecule has 1 aliphatic heterocycles. The SMILES string of the molecule is CCSCC1COC(c2ccccc2)N1. The van der Waals surface area contributed by atoms with Crippen molar-refractivity contribution in [1.82, 2.24) is 5.32 Å². The standard InChI is InChI=1S/C12H17NOS/c1-2-15-9-11-8-14-12(13-11)10-6-4-3-5-7-10/h3-7,11-13H,2,8-9H2,1H3. The lowest BCUT2D eigenvalue weighted by Crippen LogP contribution is -2.28. The summed E-state index contributed by atoms with van der Waals surface area (Å²) in [5, 5.41) is 3.50. The zero-order valence-electron chi connectivity index (χ0n) is 8.98. The van der Waals surface area contributed by atoms with Crippen molar-refractivity contribution in [2.75, 3.05) is 18.1 Å². The quantitative estimate of drug-likeness (QED) is 0.847.